The Labute approximate surface area is 82.1 Å². The third-order valence-electron chi connectivity index (χ3n) is 2.30. The SMILES string of the molecule is Cn1cc(OC[C@H]2C[C@@H](F)CN2)cn1. The first-order chi connectivity index (χ1) is 6.74. The minimum atomic E-state index is -0.725. The number of nitrogens with one attached hydrogen (secondary N) is 1. The van der Waals surface area contributed by atoms with Gasteiger partial charge in [-0.2, -0.15) is 5.10 Å². The van der Waals surface area contributed by atoms with E-state index in [0.29, 0.717) is 19.6 Å². The summed E-state index contributed by atoms with van der Waals surface area (Å²) in [5.74, 6) is 0.733. The summed E-state index contributed by atoms with van der Waals surface area (Å²) in [7, 11) is 1.83. The van der Waals surface area contributed by atoms with E-state index in [1.807, 2.05) is 7.05 Å². The number of ether oxygens (including phenoxy) is 1. The Balaban J connectivity index is 1.77. The van der Waals surface area contributed by atoms with Gasteiger partial charge in [-0.3, -0.25) is 4.68 Å². The van der Waals surface area contributed by atoms with Gasteiger partial charge in [0.2, 0.25) is 0 Å². The lowest BCUT2D eigenvalue weighted by atomic mass is 10.2. The Hall–Kier alpha value is -1.10. The van der Waals surface area contributed by atoms with Gasteiger partial charge in [0.25, 0.3) is 0 Å². The number of aromatic nitrogens is 2. The number of hydrogen-bond donors (Lipinski definition) is 1. The summed E-state index contributed by atoms with van der Waals surface area (Å²) >= 11 is 0. The van der Waals surface area contributed by atoms with Crippen LogP contribution < -0.4 is 10.1 Å². The standard InChI is InChI=1S/C9H14FN3O/c1-13-5-9(4-12-13)14-6-8-2-7(10)3-11-8/h4-5,7-8,11H,2-3,6H2,1H3/t7-,8-/m1/s1. The second kappa shape index (κ2) is 3.96. The second-order valence-electron chi connectivity index (χ2n) is 3.60. The first-order valence-electron chi connectivity index (χ1n) is 4.73. The molecule has 1 N–H and O–H groups in total. The van der Waals surface area contributed by atoms with E-state index >= 15 is 0 Å². The molecule has 1 aromatic rings. The molecule has 0 saturated carbocycles. The van der Waals surface area contributed by atoms with E-state index in [1.54, 1.807) is 17.1 Å². The van der Waals surface area contributed by atoms with Gasteiger partial charge in [0, 0.05) is 19.6 Å². The molecular weight excluding hydrogens is 185 g/mol. The lowest BCUT2D eigenvalue weighted by Gasteiger charge is -2.09. The molecule has 1 aromatic heterocycles. The molecule has 0 aliphatic carbocycles. The molecule has 4 nitrogen and oxygen atoms in total. The fraction of sp³-hybridized carbons (Fsp3) is 0.667. The van der Waals surface area contributed by atoms with Crippen molar-refractivity contribution in [3.05, 3.63) is 12.4 Å². The zero-order valence-electron chi connectivity index (χ0n) is 8.11. The van der Waals surface area contributed by atoms with Gasteiger partial charge >= 0.3 is 0 Å². The van der Waals surface area contributed by atoms with Gasteiger partial charge in [-0.25, -0.2) is 4.39 Å². The van der Waals surface area contributed by atoms with Crippen LogP contribution in [0.5, 0.6) is 5.75 Å². The smallest absolute Gasteiger partial charge is 0.157 e. The molecule has 2 atom stereocenters. The molecule has 2 rings (SSSR count). The maximum atomic E-state index is 12.8. The average Bonchev–Trinajstić information content (AvgIpc) is 2.72. The summed E-state index contributed by atoms with van der Waals surface area (Å²) in [5.41, 5.74) is 0. The van der Waals surface area contributed by atoms with Gasteiger partial charge in [0.15, 0.2) is 5.75 Å². The van der Waals surface area contributed by atoms with Crippen LogP contribution in [0, 0.1) is 0 Å². The molecule has 5 heteroatoms. The molecule has 0 aromatic carbocycles. The van der Waals surface area contributed by atoms with E-state index in [4.69, 9.17) is 4.74 Å². The van der Waals surface area contributed by atoms with Crippen molar-refractivity contribution in [3.63, 3.8) is 0 Å². The van der Waals surface area contributed by atoms with Crippen LogP contribution in [0.25, 0.3) is 0 Å². The summed E-state index contributed by atoms with van der Waals surface area (Å²) in [6.45, 7) is 0.952. The molecule has 0 bridgehead atoms. The summed E-state index contributed by atoms with van der Waals surface area (Å²) in [4.78, 5) is 0. The molecule has 1 saturated heterocycles. The Morgan fingerprint density at radius 3 is 3.21 bits per heavy atom. The van der Waals surface area contributed by atoms with Gasteiger partial charge < -0.3 is 10.1 Å². The molecule has 2 heterocycles. The van der Waals surface area contributed by atoms with Gasteiger partial charge in [0.1, 0.15) is 12.8 Å². The molecule has 0 unspecified atom stereocenters. The van der Waals surface area contributed by atoms with Gasteiger partial charge in [0.05, 0.1) is 12.4 Å². The van der Waals surface area contributed by atoms with Crippen LogP contribution in [0.2, 0.25) is 0 Å². The lowest BCUT2D eigenvalue weighted by molar-refractivity contribution is 0.268. The second-order valence-corrected chi connectivity index (χ2v) is 3.60. The molecule has 0 radical (unpaired) electrons. The monoisotopic (exact) mass is 199 g/mol. The van der Waals surface area contributed by atoms with E-state index in [-0.39, 0.29) is 6.04 Å². The number of hydrogen-bond acceptors (Lipinski definition) is 3. The highest BCUT2D eigenvalue weighted by Gasteiger charge is 2.23. The summed E-state index contributed by atoms with van der Waals surface area (Å²) in [6, 6.07) is 0.130. The van der Waals surface area contributed by atoms with E-state index in [9.17, 15) is 4.39 Å². The van der Waals surface area contributed by atoms with Crippen LogP contribution in [0.3, 0.4) is 0 Å². The Morgan fingerprint density at radius 1 is 1.79 bits per heavy atom. The quantitative estimate of drug-likeness (QED) is 0.770. The Kier molecular flexibility index (Phi) is 2.67. The van der Waals surface area contributed by atoms with Crippen molar-refractivity contribution in [2.75, 3.05) is 13.2 Å². The molecule has 14 heavy (non-hydrogen) atoms. The number of alkyl halides is 1. The third-order valence-corrected chi connectivity index (χ3v) is 2.30. The van der Waals surface area contributed by atoms with E-state index in [0.717, 1.165) is 5.75 Å². The van der Waals surface area contributed by atoms with Crippen LogP contribution in [-0.4, -0.2) is 35.1 Å². The predicted molar refractivity (Wildman–Crippen MR) is 50.0 cm³/mol. The maximum absolute atomic E-state index is 12.8. The van der Waals surface area contributed by atoms with Gasteiger partial charge in [-0.15, -0.1) is 0 Å². The highest BCUT2D eigenvalue weighted by Crippen LogP contribution is 2.12. The zero-order valence-corrected chi connectivity index (χ0v) is 8.11. The van der Waals surface area contributed by atoms with Crippen molar-refractivity contribution >= 4 is 0 Å². The van der Waals surface area contributed by atoms with Crippen LogP contribution in [0.15, 0.2) is 12.4 Å². The molecule has 78 valence electrons. The molecule has 0 amide bonds. The summed E-state index contributed by atoms with van der Waals surface area (Å²) < 4.78 is 19.9. The highest BCUT2D eigenvalue weighted by molar-refractivity contribution is 5.11. The molecule has 1 aliphatic heterocycles. The van der Waals surface area contributed by atoms with Crippen molar-refractivity contribution in [2.24, 2.45) is 7.05 Å². The molecule has 0 spiro atoms. The Bertz CT molecular complexity index is 302. The average molecular weight is 199 g/mol. The normalized spacial score (nSPS) is 26.7. The Morgan fingerprint density at radius 2 is 2.64 bits per heavy atom. The third kappa shape index (κ3) is 2.23. The van der Waals surface area contributed by atoms with E-state index in [1.165, 1.54) is 0 Å². The molecule has 1 aliphatic rings. The zero-order chi connectivity index (χ0) is 9.97. The fourth-order valence-corrected chi connectivity index (χ4v) is 1.57. The molecular formula is C9H14FN3O. The topological polar surface area (TPSA) is 39.1 Å². The fourth-order valence-electron chi connectivity index (χ4n) is 1.57. The first kappa shape index (κ1) is 9.45. The van der Waals surface area contributed by atoms with Crippen LogP contribution in [0.1, 0.15) is 6.42 Å². The maximum Gasteiger partial charge on any atom is 0.157 e. The van der Waals surface area contributed by atoms with Crippen molar-refractivity contribution in [1.29, 1.82) is 0 Å². The van der Waals surface area contributed by atoms with Gasteiger partial charge in [-0.05, 0) is 6.42 Å². The predicted octanol–water partition coefficient (Wildman–Crippen LogP) is 0.499. The minimum absolute atomic E-state index is 0.130. The largest absolute Gasteiger partial charge is 0.489 e. The molecule has 1 fully saturated rings. The van der Waals surface area contributed by atoms with E-state index < -0.39 is 6.17 Å². The summed E-state index contributed by atoms with van der Waals surface area (Å²) in [6.07, 6.45) is 3.27. The summed E-state index contributed by atoms with van der Waals surface area (Å²) in [5, 5.41) is 7.03. The lowest BCUT2D eigenvalue weighted by Crippen LogP contribution is -2.28. The van der Waals surface area contributed by atoms with Gasteiger partial charge in [-0.1, -0.05) is 0 Å². The number of aryl methyl sites for hydroxylation is 1. The highest BCUT2D eigenvalue weighted by atomic mass is 19.1. The van der Waals surface area contributed by atoms with Crippen molar-refractivity contribution < 1.29 is 9.13 Å². The van der Waals surface area contributed by atoms with Crippen LogP contribution >= 0.6 is 0 Å². The van der Waals surface area contributed by atoms with Crippen molar-refractivity contribution in [1.82, 2.24) is 15.1 Å². The van der Waals surface area contributed by atoms with Crippen molar-refractivity contribution in [2.45, 2.75) is 18.6 Å². The van der Waals surface area contributed by atoms with Crippen molar-refractivity contribution in [3.8, 4) is 5.75 Å². The number of nitrogens with zero attached hydrogens (tertiary/aromatic N) is 2. The first-order valence-corrected chi connectivity index (χ1v) is 4.73. The van der Waals surface area contributed by atoms with Crippen LogP contribution in [-0.2, 0) is 7.05 Å². The van der Waals surface area contributed by atoms with Crippen LogP contribution in [0.4, 0.5) is 4.39 Å². The number of rotatable bonds is 3. The number of halogens is 1. The van der Waals surface area contributed by atoms with E-state index in [2.05, 4.69) is 10.4 Å². The minimum Gasteiger partial charge on any atom is -0.489 e.